The average Bonchev–Trinajstić information content (AvgIpc) is 2.90. The van der Waals surface area contributed by atoms with Gasteiger partial charge in [-0.2, -0.15) is 0 Å². The van der Waals surface area contributed by atoms with E-state index in [1.165, 1.54) is 25.4 Å². The molecular formula is C13H16N2O5. The van der Waals surface area contributed by atoms with Crippen molar-refractivity contribution < 1.29 is 24.2 Å². The van der Waals surface area contributed by atoms with Crippen LogP contribution in [0.4, 0.5) is 0 Å². The van der Waals surface area contributed by atoms with E-state index < -0.39 is 5.97 Å². The lowest BCUT2D eigenvalue weighted by Gasteiger charge is -2.15. The van der Waals surface area contributed by atoms with Gasteiger partial charge in [-0.3, -0.25) is 9.59 Å². The lowest BCUT2D eigenvalue weighted by molar-refractivity contribution is -0.137. The first-order valence-corrected chi connectivity index (χ1v) is 6.24. The zero-order chi connectivity index (χ0) is 14.5. The van der Waals surface area contributed by atoms with E-state index >= 15 is 0 Å². The summed E-state index contributed by atoms with van der Waals surface area (Å²) in [5.74, 6) is -1.10. The molecule has 1 aliphatic heterocycles. The van der Waals surface area contributed by atoms with Crippen LogP contribution in [0.25, 0.3) is 0 Å². The summed E-state index contributed by atoms with van der Waals surface area (Å²) in [6.45, 7) is 0.817. The van der Waals surface area contributed by atoms with Gasteiger partial charge in [-0.25, -0.2) is 4.98 Å². The van der Waals surface area contributed by atoms with Gasteiger partial charge >= 0.3 is 5.97 Å². The summed E-state index contributed by atoms with van der Waals surface area (Å²) in [6, 6.07) is 3.04. The monoisotopic (exact) mass is 280 g/mol. The van der Waals surface area contributed by atoms with E-state index in [1.807, 2.05) is 0 Å². The van der Waals surface area contributed by atoms with Crippen molar-refractivity contribution in [3.8, 4) is 5.88 Å². The molecule has 7 heteroatoms. The number of likely N-dealkylation sites (N-methyl/N-ethyl adjacent to an activating group) is 1. The number of carbonyl (C=O) groups is 2. The molecule has 0 saturated carbocycles. The maximum Gasteiger partial charge on any atom is 0.323 e. The maximum absolute atomic E-state index is 12.0. The molecule has 20 heavy (non-hydrogen) atoms. The minimum atomic E-state index is -1.06. The molecule has 0 radical (unpaired) electrons. The van der Waals surface area contributed by atoms with Crippen molar-refractivity contribution in [3.63, 3.8) is 0 Å². The number of hydrogen-bond donors (Lipinski definition) is 1. The van der Waals surface area contributed by atoms with Gasteiger partial charge in [-0.15, -0.1) is 0 Å². The Bertz CT molecular complexity index is 499. The van der Waals surface area contributed by atoms with Gasteiger partial charge in [0, 0.05) is 31.3 Å². The molecule has 1 amide bonds. The lowest BCUT2D eigenvalue weighted by Crippen LogP contribution is -2.32. The molecule has 1 N–H and O–H groups in total. The molecule has 108 valence electrons. The molecule has 0 bridgehead atoms. The van der Waals surface area contributed by atoms with Gasteiger partial charge in [0.25, 0.3) is 5.91 Å². The number of carboxylic acids is 1. The molecular weight excluding hydrogens is 264 g/mol. The van der Waals surface area contributed by atoms with E-state index in [2.05, 4.69) is 4.98 Å². The van der Waals surface area contributed by atoms with Crippen molar-refractivity contribution >= 4 is 11.9 Å². The molecule has 1 aliphatic rings. The summed E-state index contributed by atoms with van der Waals surface area (Å²) in [5.41, 5.74) is 0.345. The summed E-state index contributed by atoms with van der Waals surface area (Å²) in [5, 5.41) is 8.68. The highest BCUT2D eigenvalue weighted by Crippen LogP contribution is 2.16. The summed E-state index contributed by atoms with van der Waals surface area (Å²) in [6.07, 6.45) is 2.20. The molecule has 1 unspecified atom stereocenters. The predicted octanol–water partition coefficient (Wildman–Crippen LogP) is 0.406. The number of amides is 1. The quantitative estimate of drug-likeness (QED) is 0.840. The topological polar surface area (TPSA) is 89.0 Å². The van der Waals surface area contributed by atoms with Gasteiger partial charge in [0.2, 0.25) is 5.88 Å². The van der Waals surface area contributed by atoms with E-state index in [1.54, 1.807) is 0 Å². The van der Waals surface area contributed by atoms with Crippen LogP contribution in [0.3, 0.4) is 0 Å². The highest BCUT2D eigenvalue weighted by atomic mass is 16.5. The normalized spacial score (nSPS) is 17.8. The van der Waals surface area contributed by atoms with Crippen LogP contribution >= 0.6 is 0 Å². The lowest BCUT2D eigenvalue weighted by atomic mass is 10.2. The molecule has 1 saturated heterocycles. The Morgan fingerprint density at radius 2 is 2.40 bits per heavy atom. The minimum absolute atomic E-state index is 0.0513. The van der Waals surface area contributed by atoms with Gasteiger partial charge in [-0.1, -0.05) is 0 Å². The van der Waals surface area contributed by atoms with Crippen LogP contribution in [-0.2, 0) is 9.53 Å². The van der Waals surface area contributed by atoms with Gasteiger partial charge in [0.15, 0.2) is 0 Å². The minimum Gasteiger partial charge on any atom is -0.480 e. The number of aromatic nitrogens is 1. The van der Waals surface area contributed by atoms with E-state index in [0.29, 0.717) is 24.7 Å². The van der Waals surface area contributed by atoms with Crippen molar-refractivity contribution in [2.45, 2.75) is 12.5 Å². The number of rotatable bonds is 5. The van der Waals surface area contributed by atoms with E-state index in [9.17, 15) is 9.59 Å². The standard InChI is InChI=1S/C13H16N2O5/c1-15(7-12(16)17)13(18)9-2-4-14-11(6-9)20-10-3-5-19-8-10/h2,4,6,10H,3,5,7-8H2,1H3,(H,16,17). The Morgan fingerprint density at radius 3 is 3.05 bits per heavy atom. The van der Waals surface area contributed by atoms with Crippen LogP contribution in [-0.4, -0.2) is 59.8 Å². The predicted molar refractivity (Wildman–Crippen MR) is 68.7 cm³/mol. The third-order valence-electron chi connectivity index (χ3n) is 2.88. The first-order valence-electron chi connectivity index (χ1n) is 6.24. The van der Waals surface area contributed by atoms with Crippen molar-refractivity contribution in [2.75, 3.05) is 26.8 Å². The Kier molecular flexibility index (Phi) is 4.52. The molecule has 0 aliphatic carbocycles. The molecule has 1 aromatic rings. The van der Waals surface area contributed by atoms with Crippen LogP contribution in [0, 0.1) is 0 Å². The van der Waals surface area contributed by atoms with Crippen LogP contribution in [0.1, 0.15) is 16.8 Å². The molecule has 1 atom stereocenters. The summed E-state index contributed by atoms with van der Waals surface area (Å²) < 4.78 is 10.8. The van der Waals surface area contributed by atoms with Crippen molar-refractivity contribution in [2.24, 2.45) is 0 Å². The van der Waals surface area contributed by atoms with Gasteiger partial charge < -0.3 is 19.5 Å². The van der Waals surface area contributed by atoms with Gasteiger partial charge in [-0.05, 0) is 6.07 Å². The molecule has 0 aromatic carbocycles. The Hall–Kier alpha value is -2.15. The number of ether oxygens (including phenoxy) is 2. The van der Waals surface area contributed by atoms with Crippen molar-refractivity contribution in [1.29, 1.82) is 0 Å². The largest absolute Gasteiger partial charge is 0.480 e. The summed E-state index contributed by atoms with van der Waals surface area (Å²) in [7, 11) is 1.43. The zero-order valence-corrected chi connectivity index (χ0v) is 11.1. The van der Waals surface area contributed by atoms with Crippen LogP contribution < -0.4 is 4.74 Å². The highest BCUT2D eigenvalue weighted by molar-refractivity contribution is 5.95. The SMILES string of the molecule is CN(CC(=O)O)C(=O)c1ccnc(OC2CCOC2)c1. The van der Waals surface area contributed by atoms with Crippen LogP contribution in [0.2, 0.25) is 0 Å². The molecule has 2 heterocycles. The first-order chi connectivity index (χ1) is 9.56. The maximum atomic E-state index is 12.0. The fraction of sp³-hybridized carbons (Fsp3) is 0.462. The Balaban J connectivity index is 2.04. The zero-order valence-electron chi connectivity index (χ0n) is 11.1. The summed E-state index contributed by atoms with van der Waals surface area (Å²) >= 11 is 0. The number of carbonyl (C=O) groups excluding carboxylic acids is 1. The number of aliphatic carboxylic acids is 1. The average molecular weight is 280 g/mol. The summed E-state index contributed by atoms with van der Waals surface area (Å²) in [4.78, 5) is 27.8. The molecule has 1 fully saturated rings. The van der Waals surface area contributed by atoms with Gasteiger partial charge in [0.1, 0.15) is 12.6 Å². The van der Waals surface area contributed by atoms with Gasteiger partial charge in [0.05, 0.1) is 13.2 Å². The highest BCUT2D eigenvalue weighted by Gasteiger charge is 2.19. The van der Waals surface area contributed by atoms with E-state index in [4.69, 9.17) is 14.6 Å². The fourth-order valence-corrected chi connectivity index (χ4v) is 1.88. The second-order valence-electron chi connectivity index (χ2n) is 4.54. The van der Waals surface area contributed by atoms with Crippen LogP contribution in [0.15, 0.2) is 18.3 Å². The Labute approximate surface area is 116 Å². The smallest absolute Gasteiger partial charge is 0.323 e. The van der Waals surface area contributed by atoms with Crippen molar-refractivity contribution in [3.05, 3.63) is 23.9 Å². The number of hydrogen-bond acceptors (Lipinski definition) is 5. The second-order valence-corrected chi connectivity index (χ2v) is 4.54. The molecule has 2 rings (SSSR count). The third-order valence-corrected chi connectivity index (χ3v) is 2.88. The number of carboxylic acid groups (broad SMARTS) is 1. The molecule has 1 aromatic heterocycles. The molecule has 7 nitrogen and oxygen atoms in total. The number of pyridine rings is 1. The fourth-order valence-electron chi connectivity index (χ4n) is 1.88. The Morgan fingerprint density at radius 1 is 1.60 bits per heavy atom. The van der Waals surface area contributed by atoms with E-state index in [-0.39, 0.29) is 18.6 Å². The molecule has 0 spiro atoms. The second kappa shape index (κ2) is 6.33. The van der Waals surface area contributed by atoms with Crippen LogP contribution in [0.5, 0.6) is 5.88 Å². The van der Waals surface area contributed by atoms with E-state index in [0.717, 1.165) is 11.3 Å². The first kappa shape index (κ1) is 14.3. The van der Waals surface area contributed by atoms with Crippen molar-refractivity contribution in [1.82, 2.24) is 9.88 Å². The number of nitrogens with zero attached hydrogens (tertiary/aromatic N) is 2. The third kappa shape index (κ3) is 3.67.